The third-order valence-electron chi connectivity index (χ3n) is 8.33. The highest BCUT2D eigenvalue weighted by Crippen LogP contribution is 2.42. The molecular formula is C29H34FN7O3S. The Hall–Kier alpha value is -3.90. The van der Waals surface area contributed by atoms with E-state index in [9.17, 15) is 8.42 Å². The zero-order valence-electron chi connectivity index (χ0n) is 23.2. The van der Waals surface area contributed by atoms with Crippen LogP contribution in [0.2, 0.25) is 0 Å². The number of fused-ring (bicyclic) bond motifs is 1. The van der Waals surface area contributed by atoms with E-state index >= 15 is 4.39 Å². The summed E-state index contributed by atoms with van der Waals surface area (Å²) in [7, 11) is -1.98. The van der Waals surface area contributed by atoms with Gasteiger partial charge in [-0.15, -0.1) is 0 Å². The van der Waals surface area contributed by atoms with Crippen LogP contribution in [0, 0.1) is 11.2 Å². The number of H-pyrrole nitrogens is 1. The average Bonchev–Trinajstić information content (AvgIpc) is 3.43. The number of nitrogens with one attached hydrogen (secondary N) is 3. The second-order valence-corrected chi connectivity index (χ2v) is 12.9. The lowest BCUT2D eigenvalue weighted by Gasteiger charge is -2.44. The van der Waals surface area contributed by atoms with Gasteiger partial charge in [-0.2, -0.15) is 9.97 Å². The molecule has 0 unspecified atom stereocenters. The van der Waals surface area contributed by atoms with Crippen molar-refractivity contribution >= 4 is 55.6 Å². The molecule has 0 radical (unpaired) electrons. The standard InChI is InChI=1S/C29H34FN7O3S/c1-36(41(2,38)39)25-6-4-3-5-23(25)33-27-21-9-14-31-26(21)34-28(35-27)32-20-7-8-24(22(30)19-20)37-15-10-29(11-16-37)12-17-40-18-13-29/h3-9,14,19H,10-13,15-18H2,1-2H3,(H3,31,32,33,34,35). The Morgan fingerprint density at radius 3 is 2.51 bits per heavy atom. The van der Waals surface area contributed by atoms with Gasteiger partial charge in [-0.25, -0.2) is 12.8 Å². The number of aromatic nitrogens is 3. The van der Waals surface area contributed by atoms with Crippen LogP contribution < -0.4 is 19.8 Å². The fourth-order valence-corrected chi connectivity index (χ4v) is 6.27. The van der Waals surface area contributed by atoms with E-state index in [0.717, 1.165) is 63.6 Å². The van der Waals surface area contributed by atoms with Crippen LogP contribution in [0.15, 0.2) is 54.7 Å². The summed E-state index contributed by atoms with van der Waals surface area (Å²) in [6.07, 6.45) is 7.19. The van der Waals surface area contributed by atoms with Gasteiger partial charge in [0.05, 0.1) is 28.7 Å². The minimum atomic E-state index is -3.48. The Morgan fingerprint density at radius 1 is 1.02 bits per heavy atom. The Kier molecular flexibility index (Phi) is 7.20. The molecule has 41 heavy (non-hydrogen) atoms. The van der Waals surface area contributed by atoms with Crippen molar-refractivity contribution in [3.05, 3.63) is 60.5 Å². The van der Waals surface area contributed by atoms with Gasteiger partial charge in [0, 0.05) is 45.2 Å². The molecule has 12 heteroatoms. The molecule has 4 aromatic rings. The highest BCUT2D eigenvalue weighted by atomic mass is 32.2. The molecule has 4 heterocycles. The Balaban J connectivity index is 1.22. The molecule has 0 atom stereocenters. The maximum absolute atomic E-state index is 15.3. The van der Waals surface area contributed by atoms with Crippen molar-refractivity contribution in [2.24, 2.45) is 5.41 Å². The van der Waals surface area contributed by atoms with Gasteiger partial charge >= 0.3 is 0 Å². The molecule has 2 fully saturated rings. The molecule has 216 valence electrons. The summed E-state index contributed by atoms with van der Waals surface area (Å²) in [6, 6.07) is 14.0. The number of hydrogen-bond donors (Lipinski definition) is 3. The number of rotatable bonds is 7. The third-order valence-corrected chi connectivity index (χ3v) is 9.52. The largest absolute Gasteiger partial charge is 0.381 e. The van der Waals surface area contributed by atoms with Crippen LogP contribution in [0.3, 0.4) is 0 Å². The molecule has 2 aromatic heterocycles. The number of para-hydroxylation sites is 2. The molecule has 2 aromatic carbocycles. The van der Waals surface area contributed by atoms with E-state index in [4.69, 9.17) is 4.74 Å². The first-order chi connectivity index (χ1) is 19.7. The number of sulfonamides is 1. The smallest absolute Gasteiger partial charge is 0.232 e. The molecule has 6 rings (SSSR count). The maximum Gasteiger partial charge on any atom is 0.232 e. The summed E-state index contributed by atoms with van der Waals surface area (Å²) in [5.74, 6) is 0.443. The van der Waals surface area contributed by atoms with E-state index in [2.05, 4.69) is 30.5 Å². The number of hydrogen-bond acceptors (Lipinski definition) is 8. The van der Waals surface area contributed by atoms with Gasteiger partial charge in [-0.3, -0.25) is 4.31 Å². The molecule has 10 nitrogen and oxygen atoms in total. The lowest BCUT2D eigenvalue weighted by molar-refractivity contribution is 0.00206. The lowest BCUT2D eigenvalue weighted by Crippen LogP contribution is -2.43. The topological polar surface area (TPSA) is 115 Å². The summed E-state index contributed by atoms with van der Waals surface area (Å²) in [5, 5.41) is 7.12. The van der Waals surface area contributed by atoms with Crippen molar-refractivity contribution in [1.29, 1.82) is 0 Å². The van der Waals surface area contributed by atoms with Crippen LogP contribution in [0.4, 0.5) is 38.9 Å². The van der Waals surface area contributed by atoms with Gasteiger partial charge in [0.1, 0.15) is 17.3 Å². The zero-order valence-corrected chi connectivity index (χ0v) is 24.0. The van der Waals surface area contributed by atoms with E-state index in [1.807, 2.05) is 24.3 Å². The van der Waals surface area contributed by atoms with E-state index in [1.54, 1.807) is 24.4 Å². The van der Waals surface area contributed by atoms with Crippen molar-refractivity contribution in [1.82, 2.24) is 15.0 Å². The number of halogens is 1. The normalized spacial score (nSPS) is 17.1. The van der Waals surface area contributed by atoms with Gasteiger partial charge in [0.15, 0.2) is 0 Å². The number of ether oxygens (including phenoxy) is 1. The minimum absolute atomic E-state index is 0.267. The minimum Gasteiger partial charge on any atom is -0.381 e. The molecule has 0 amide bonds. The van der Waals surface area contributed by atoms with Crippen LogP contribution in [0.5, 0.6) is 0 Å². The van der Waals surface area contributed by atoms with Crippen LogP contribution in [0.25, 0.3) is 11.0 Å². The fourth-order valence-electron chi connectivity index (χ4n) is 5.75. The van der Waals surface area contributed by atoms with Crippen molar-refractivity contribution in [3.63, 3.8) is 0 Å². The van der Waals surface area contributed by atoms with Crippen LogP contribution in [-0.4, -0.2) is 63.0 Å². The van der Waals surface area contributed by atoms with E-state index in [0.29, 0.717) is 39.6 Å². The Labute approximate surface area is 239 Å². The third kappa shape index (κ3) is 5.66. The highest BCUT2D eigenvalue weighted by molar-refractivity contribution is 7.92. The SMILES string of the molecule is CN(c1ccccc1Nc1nc(Nc2ccc(N3CCC4(CCOCC4)CC3)c(F)c2)nc2[nH]ccc12)S(C)(=O)=O. The van der Waals surface area contributed by atoms with E-state index in [-0.39, 0.29) is 11.8 Å². The van der Waals surface area contributed by atoms with Gasteiger partial charge in [0.2, 0.25) is 16.0 Å². The number of nitrogens with zero attached hydrogens (tertiary/aromatic N) is 4. The van der Waals surface area contributed by atoms with Crippen molar-refractivity contribution in [2.75, 3.05) is 59.4 Å². The first kappa shape index (κ1) is 27.3. The van der Waals surface area contributed by atoms with Gasteiger partial charge < -0.3 is 25.3 Å². The quantitative estimate of drug-likeness (QED) is 0.268. The molecule has 2 aliphatic rings. The van der Waals surface area contributed by atoms with Crippen LogP contribution >= 0.6 is 0 Å². The van der Waals surface area contributed by atoms with Gasteiger partial charge in [-0.1, -0.05) is 12.1 Å². The zero-order chi connectivity index (χ0) is 28.6. The number of benzene rings is 2. The van der Waals surface area contributed by atoms with Gasteiger partial charge in [0.25, 0.3) is 0 Å². The molecule has 0 saturated carbocycles. The van der Waals surface area contributed by atoms with E-state index in [1.165, 1.54) is 17.4 Å². The Morgan fingerprint density at radius 2 is 1.78 bits per heavy atom. The van der Waals surface area contributed by atoms with Crippen LogP contribution in [-0.2, 0) is 14.8 Å². The van der Waals surface area contributed by atoms with Crippen LogP contribution in [0.1, 0.15) is 25.7 Å². The second kappa shape index (κ2) is 10.8. The predicted molar refractivity (Wildman–Crippen MR) is 160 cm³/mol. The average molecular weight is 580 g/mol. The monoisotopic (exact) mass is 579 g/mol. The fraction of sp³-hybridized carbons (Fsp3) is 0.379. The molecular weight excluding hydrogens is 545 g/mol. The molecule has 3 N–H and O–H groups in total. The number of piperidine rings is 1. The van der Waals surface area contributed by atoms with Crippen molar-refractivity contribution < 1.29 is 17.5 Å². The molecule has 0 bridgehead atoms. The molecule has 0 aliphatic carbocycles. The highest BCUT2D eigenvalue weighted by Gasteiger charge is 2.36. The molecule has 1 spiro atoms. The molecule has 2 saturated heterocycles. The summed E-state index contributed by atoms with van der Waals surface area (Å²) >= 11 is 0. The first-order valence-electron chi connectivity index (χ1n) is 13.8. The molecule has 2 aliphatic heterocycles. The summed E-state index contributed by atoms with van der Waals surface area (Å²) < 4.78 is 46.5. The maximum atomic E-state index is 15.3. The Bertz CT molecular complexity index is 1660. The number of anilines is 6. The van der Waals surface area contributed by atoms with Crippen molar-refractivity contribution in [2.45, 2.75) is 25.7 Å². The summed E-state index contributed by atoms with van der Waals surface area (Å²) in [6.45, 7) is 3.32. The van der Waals surface area contributed by atoms with Gasteiger partial charge in [-0.05, 0) is 67.5 Å². The lowest BCUT2D eigenvalue weighted by atomic mass is 9.72. The first-order valence-corrected chi connectivity index (χ1v) is 15.6. The summed E-state index contributed by atoms with van der Waals surface area (Å²) in [4.78, 5) is 14.4. The predicted octanol–water partition coefficient (Wildman–Crippen LogP) is 5.38. The number of aromatic amines is 1. The summed E-state index contributed by atoms with van der Waals surface area (Å²) in [5.41, 5.74) is 3.08. The van der Waals surface area contributed by atoms with E-state index < -0.39 is 10.0 Å². The second-order valence-electron chi connectivity index (χ2n) is 10.9. The van der Waals surface area contributed by atoms with Crippen molar-refractivity contribution in [3.8, 4) is 0 Å².